The molecule has 1 aliphatic heterocycles. The van der Waals surface area contributed by atoms with E-state index in [1.807, 2.05) is 35.2 Å². The number of hydrogen-bond donors (Lipinski definition) is 0. The average Bonchev–Trinajstić information content (AvgIpc) is 3.29. The number of thiophene rings is 1. The van der Waals surface area contributed by atoms with Crippen molar-refractivity contribution in [3.05, 3.63) is 46.7 Å². The van der Waals surface area contributed by atoms with Gasteiger partial charge in [0.25, 0.3) is 5.91 Å². The molecule has 4 nitrogen and oxygen atoms in total. The normalized spacial score (nSPS) is 17.0. The highest BCUT2D eigenvalue weighted by molar-refractivity contribution is 7.10. The Balaban J connectivity index is 1.61. The van der Waals surface area contributed by atoms with Gasteiger partial charge in [-0.1, -0.05) is 25.1 Å². The van der Waals surface area contributed by atoms with Gasteiger partial charge in [0.1, 0.15) is 0 Å². The van der Waals surface area contributed by atoms with E-state index in [-0.39, 0.29) is 18.6 Å². The Hall–Kier alpha value is -2.01. The van der Waals surface area contributed by atoms with Crippen molar-refractivity contribution in [2.75, 3.05) is 19.8 Å². The summed E-state index contributed by atoms with van der Waals surface area (Å²) in [5.41, 5.74) is 0. The maximum absolute atomic E-state index is 12.6. The van der Waals surface area contributed by atoms with Crippen molar-refractivity contribution < 1.29 is 14.3 Å². The summed E-state index contributed by atoms with van der Waals surface area (Å²) in [6.07, 6.45) is 3.01. The highest BCUT2D eigenvalue weighted by Crippen LogP contribution is 2.34. The molecule has 5 heteroatoms. The van der Waals surface area contributed by atoms with Crippen LogP contribution in [0, 0.1) is 0 Å². The zero-order chi connectivity index (χ0) is 16.8. The van der Waals surface area contributed by atoms with E-state index in [0.717, 1.165) is 25.8 Å². The van der Waals surface area contributed by atoms with Crippen molar-refractivity contribution in [3.63, 3.8) is 0 Å². The zero-order valence-corrected chi connectivity index (χ0v) is 14.8. The molecule has 0 radical (unpaired) electrons. The number of ether oxygens (including phenoxy) is 2. The molecule has 1 aliphatic rings. The van der Waals surface area contributed by atoms with Crippen molar-refractivity contribution >= 4 is 17.2 Å². The summed E-state index contributed by atoms with van der Waals surface area (Å²) in [7, 11) is 0. The van der Waals surface area contributed by atoms with Crippen LogP contribution >= 0.6 is 11.3 Å². The number of carbonyl (C=O) groups is 1. The third-order valence-corrected chi connectivity index (χ3v) is 5.08. The van der Waals surface area contributed by atoms with E-state index in [9.17, 15) is 4.79 Å². The maximum Gasteiger partial charge on any atom is 0.261 e. The first-order valence-corrected chi connectivity index (χ1v) is 9.35. The van der Waals surface area contributed by atoms with Gasteiger partial charge in [-0.2, -0.15) is 0 Å². The molecular weight excluding hydrogens is 322 g/mol. The molecule has 1 unspecified atom stereocenters. The highest BCUT2D eigenvalue weighted by Gasteiger charge is 2.30. The lowest BCUT2D eigenvalue weighted by molar-refractivity contribution is -0.134. The Labute approximate surface area is 147 Å². The van der Waals surface area contributed by atoms with Gasteiger partial charge in [0.15, 0.2) is 18.1 Å². The number of hydrogen-bond acceptors (Lipinski definition) is 4. The van der Waals surface area contributed by atoms with Gasteiger partial charge >= 0.3 is 0 Å². The lowest BCUT2D eigenvalue weighted by Gasteiger charge is -2.24. The fraction of sp³-hybridized carbons (Fsp3) is 0.421. The second-order valence-corrected chi connectivity index (χ2v) is 6.82. The van der Waals surface area contributed by atoms with Crippen LogP contribution in [0.25, 0.3) is 0 Å². The van der Waals surface area contributed by atoms with Crippen molar-refractivity contribution in [1.29, 1.82) is 0 Å². The topological polar surface area (TPSA) is 38.8 Å². The number of likely N-dealkylation sites (tertiary alicyclic amines) is 1. The maximum atomic E-state index is 12.6. The monoisotopic (exact) mass is 345 g/mol. The number of carbonyl (C=O) groups excluding carboxylic acids is 1. The summed E-state index contributed by atoms with van der Waals surface area (Å²) >= 11 is 1.71. The van der Waals surface area contributed by atoms with Crippen LogP contribution in [0.15, 0.2) is 41.8 Å². The van der Waals surface area contributed by atoms with E-state index in [1.165, 1.54) is 4.88 Å². The summed E-state index contributed by atoms with van der Waals surface area (Å²) in [6.45, 7) is 3.55. The first-order chi connectivity index (χ1) is 11.8. The van der Waals surface area contributed by atoms with Crippen LogP contribution in [0.5, 0.6) is 11.5 Å². The first kappa shape index (κ1) is 16.8. The number of rotatable bonds is 7. The number of nitrogens with zero attached hydrogens (tertiary/aromatic N) is 1. The predicted molar refractivity (Wildman–Crippen MR) is 95.7 cm³/mol. The van der Waals surface area contributed by atoms with Gasteiger partial charge in [-0.15, -0.1) is 11.3 Å². The molecule has 2 heterocycles. The highest BCUT2D eigenvalue weighted by atomic mass is 32.1. The fourth-order valence-corrected chi connectivity index (χ4v) is 3.84. The van der Waals surface area contributed by atoms with Gasteiger partial charge in [0, 0.05) is 11.4 Å². The Kier molecular flexibility index (Phi) is 5.75. The van der Waals surface area contributed by atoms with Gasteiger partial charge in [0.2, 0.25) is 0 Å². The van der Waals surface area contributed by atoms with Gasteiger partial charge < -0.3 is 14.4 Å². The van der Waals surface area contributed by atoms with E-state index in [2.05, 4.69) is 18.4 Å². The summed E-state index contributed by atoms with van der Waals surface area (Å²) in [6, 6.07) is 11.9. The van der Waals surface area contributed by atoms with Crippen LogP contribution in [0.4, 0.5) is 0 Å². The number of para-hydroxylation sites is 2. The van der Waals surface area contributed by atoms with Gasteiger partial charge in [-0.3, -0.25) is 4.79 Å². The largest absolute Gasteiger partial charge is 0.490 e. The molecule has 0 bridgehead atoms. The molecule has 24 heavy (non-hydrogen) atoms. The van der Waals surface area contributed by atoms with E-state index >= 15 is 0 Å². The van der Waals surface area contributed by atoms with E-state index in [0.29, 0.717) is 18.1 Å². The summed E-state index contributed by atoms with van der Waals surface area (Å²) < 4.78 is 11.4. The molecule has 2 aromatic rings. The smallest absolute Gasteiger partial charge is 0.261 e. The van der Waals surface area contributed by atoms with Gasteiger partial charge in [-0.05, 0) is 42.8 Å². The molecule has 0 aliphatic carbocycles. The average molecular weight is 345 g/mol. The minimum Gasteiger partial charge on any atom is -0.490 e. The van der Waals surface area contributed by atoms with Crippen LogP contribution in [0.1, 0.15) is 37.1 Å². The molecular formula is C19H23NO3S. The minimum atomic E-state index is 0.0381. The number of amides is 1. The van der Waals surface area contributed by atoms with Crippen LogP contribution < -0.4 is 9.47 Å². The number of benzene rings is 1. The third kappa shape index (κ3) is 3.90. The summed E-state index contributed by atoms with van der Waals surface area (Å²) in [5, 5.41) is 2.06. The first-order valence-electron chi connectivity index (χ1n) is 8.47. The second kappa shape index (κ2) is 8.20. The minimum absolute atomic E-state index is 0.0381. The Morgan fingerprint density at radius 2 is 2.00 bits per heavy atom. The van der Waals surface area contributed by atoms with Crippen molar-refractivity contribution in [1.82, 2.24) is 4.90 Å². The molecule has 1 aromatic heterocycles. The second-order valence-electron chi connectivity index (χ2n) is 5.84. The molecule has 1 amide bonds. The van der Waals surface area contributed by atoms with Crippen LogP contribution in [-0.2, 0) is 4.79 Å². The lowest BCUT2D eigenvalue weighted by atomic mass is 10.2. The summed E-state index contributed by atoms with van der Waals surface area (Å²) in [4.78, 5) is 15.8. The molecule has 1 saturated heterocycles. The molecule has 1 atom stereocenters. The van der Waals surface area contributed by atoms with Crippen LogP contribution in [-0.4, -0.2) is 30.6 Å². The molecule has 0 saturated carbocycles. The molecule has 3 rings (SSSR count). The standard InChI is InChI=1S/C19H23NO3S/c1-2-12-22-16-8-3-4-9-17(16)23-14-19(21)20-11-5-7-15(20)18-10-6-13-24-18/h3-4,6,8-10,13,15H,2,5,7,11-12,14H2,1H3. The fourth-order valence-electron chi connectivity index (χ4n) is 2.96. The van der Waals surface area contributed by atoms with Crippen LogP contribution in [0.2, 0.25) is 0 Å². The van der Waals surface area contributed by atoms with Crippen molar-refractivity contribution in [2.24, 2.45) is 0 Å². The lowest BCUT2D eigenvalue weighted by Crippen LogP contribution is -2.34. The Bertz CT molecular complexity index is 656. The third-order valence-electron chi connectivity index (χ3n) is 4.11. The van der Waals surface area contributed by atoms with Crippen molar-refractivity contribution in [2.45, 2.75) is 32.2 Å². The Morgan fingerprint density at radius 1 is 1.21 bits per heavy atom. The molecule has 0 spiro atoms. The van der Waals surface area contributed by atoms with Crippen LogP contribution in [0.3, 0.4) is 0 Å². The molecule has 1 aromatic carbocycles. The predicted octanol–water partition coefficient (Wildman–Crippen LogP) is 4.28. The van der Waals surface area contributed by atoms with E-state index < -0.39 is 0 Å². The van der Waals surface area contributed by atoms with Gasteiger partial charge in [-0.25, -0.2) is 0 Å². The van der Waals surface area contributed by atoms with Gasteiger partial charge in [0.05, 0.1) is 12.6 Å². The zero-order valence-electron chi connectivity index (χ0n) is 13.9. The van der Waals surface area contributed by atoms with E-state index in [4.69, 9.17) is 9.47 Å². The molecule has 0 N–H and O–H groups in total. The quantitative estimate of drug-likeness (QED) is 0.752. The summed E-state index contributed by atoms with van der Waals surface area (Å²) in [5.74, 6) is 1.37. The Morgan fingerprint density at radius 3 is 2.71 bits per heavy atom. The SMILES string of the molecule is CCCOc1ccccc1OCC(=O)N1CCCC1c1cccs1. The van der Waals surface area contributed by atoms with Crippen molar-refractivity contribution in [3.8, 4) is 11.5 Å². The molecule has 1 fully saturated rings. The molecule has 128 valence electrons. The van der Waals surface area contributed by atoms with E-state index in [1.54, 1.807) is 11.3 Å².